The number of nitrogens with zero attached hydrogens (tertiary/aromatic N) is 4. The quantitative estimate of drug-likeness (QED) is 0.274. The summed E-state index contributed by atoms with van der Waals surface area (Å²) in [5, 5.41) is 13.0. The van der Waals surface area contributed by atoms with E-state index in [9.17, 15) is 27.5 Å². The molecular formula is C27H25F4N5O2. The van der Waals surface area contributed by atoms with Crippen LogP contribution in [0.5, 0.6) is 0 Å². The molecule has 2 heterocycles. The second-order valence-corrected chi connectivity index (χ2v) is 9.68. The summed E-state index contributed by atoms with van der Waals surface area (Å²) in [6.45, 7) is 3.69. The molecule has 1 atom stereocenters. The van der Waals surface area contributed by atoms with E-state index in [2.05, 4.69) is 20.3 Å². The van der Waals surface area contributed by atoms with E-state index in [0.717, 1.165) is 31.4 Å². The smallest absolute Gasteiger partial charge is 0.416 e. The molecule has 0 saturated heterocycles. The monoisotopic (exact) mass is 527 g/mol. The molecule has 0 spiro atoms. The molecule has 1 aliphatic rings. The van der Waals surface area contributed by atoms with Gasteiger partial charge in [0, 0.05) is 18.2 Å². The Morgan fingerprint density at radius 2 is 1.84 bits per heavy atom. The number of aryl methyl sites for hydroxylation is 1. The van der Waals surface area contributed by atoms with Crippen molar-refractivity contribution in [2.24, 2.45) is 5.92 Å². The summed E-state index contributed by atoms with van der Waals surface area (Å²) in [6, 6.07) is 9.30. The van der Waals surface area contributed by atoms with Crippen LogP contribution in [0, 0.1) is 18.7 Å². The lowest BCUT2D eigenvalue weighted by atomic mass is 9.80. The van der Waals surface area contributed by atoms with Crippen molar-refractivity contribution in [3.63, 3.8) is 0 Å². The van der Waals surface area contributed by atoms with Gasteiger partial charge in [-0.05, 0) is 61.9 Å². The molecule has 4 aromatic rings. The van der Waals surface area contributed by atoms with E-state index in [1.807, 2.05) is 6.92 Å². The first-order valence-corrected chi connectivity index (χ1v) is 12.2. The molecule has 1 saturated carbocycles. The fourth-order valence-electron chi connectivity index (χ4n) is 4.59. The van der Waals surface area contributed by atoms with Gasteiger partial charge in [0.25, 0.3) is 0 Å². The third kappa shape index (κ3) is 4.92. The summed E-state index contributed by atoms with van der Waals surface area (Å²) in [6.07, 6.45) is -1.29. The third-order valence-electron chi connectivity index (χ3n) is 7.07. The largest absolute Gasteiger partial charge is 0.475 e. The predicted octanol–water partition coefficient (Wildman–Crippen LogP) is 6.31. The van der Waals surface area contributed by atoms with Gasteiger partial charge in [-0.3, -0.25) is 0 Å². The van der Waals surface area contributed by atoms with Gasteiger partial charge in [0.2, 0.25) is 5.82 Å². The average molecular weight is 528 g/mol. The maximum absolute atomic E-state index is 14.5. The first-order valence-electron chi connectivity index (χ1n) is 12.2. The van der Waals surface area contributed by atoms with E-state index >= 15 is 0 Å². The highest BCUT2D eigenvalue weighted by Crippen LogP contribution is 2.35. The van der Waals surface area contributed by atoms with Crippen LogP contribution in [-0.4, -0.2) is 36.6 Å². The van der Waals surface area contributed by atoms with Gasteiger partial charge in [0.15, 0.2) is 11.5 Å². The Bertz CT molecular complexity index is 1510. The van der Waals surface area contributed by atoms with Crippen LogP contribution in [-0.2, 0) is 12.7 Å². The summed E-state index contributed by atoms with van der Waals surface area (Å²) in [4.78, 5) is 24.8. The Kier molecular flexibility index (Phi) is 6.54. The molecule has 2 N–H and O–H groups in total. The van der Waals surface area contributed by atoms with Gasteiger partial charge in [0.05, 0.1) is 5.56 Å². The molecule has 1 aliphatic carbocycles. The summed E-state index contributed by atoms with van der Waals surface area (Å²) >= 11 is 0. The number of halogens is 4. The molecule has 7 nitrogen and oxygen atoms in total. The van der Waals surface area contributed by atoms with Crippen molar-refractivity contribution in [2.45, 2.75) is 51.9 Å². The zero-order valence-electron chi connectivity index (χ0n) is 20.7. The van der Waals surface area contributed by atoms with Crippen LogP contribution in [0.25, 0.3) is 22.6 Å². The molecule has 1 fully saturated rings. The lowest BCUT2D eigenvalue weighted by molar-refractivity contribution is -0.137. The highest BCUT2D eigenvalue weighted by atomic mass is 19.4. The van der Waals surface area contributed by atoms with E-state index in [4.69, 9.17) is 0 Å². The molecule has 38 heavy (non-hydrogen) atoms. The highest BCUT2D eigenvalue weighted by molar-refractivity contribution is 5.92. The lowest BCUT2D eigenvalue weighted by Crippen LogP contribution is -2.31. The van der Waals surface area contributed by atoms with Gasteiger partial charge in [-0.25, -0.2) is 24.1 Å². The van der Waals surface area contributed by atoms with Crippen molar-refractivity contribution in [3.8, 4) is 11.4 Å². The average Bonchev–Trinajstić information content (AvgIpc) is 3.18. The minimum Gasteiger partial charge on any atom is -0.475 e. The van der Waals surface area contributed by atoms with Crippen LogP contribution in [0.15, 0.2) is 42.5 Å². The molecule has 2 aromatic carbocycles. The molecule has 2 aromatic heterocycles. The summed E-state index contributed by atoms with van der Waals surface area (Å²) in [7, 11) is 0. The van der Waals surface area contributed by atoms with E-state index in [0.29, 0.717) is 28.1 Å². The van der Waals surface area contributed by atoms with Crippen LogP contribution in [0.2, 0.25) is 0 Å². The predicted molar refractivity (Wildman–Crippen MR) is 133 cm³/mol. The highest BCUT2D eigenvalue weighted by Gasteiger charge is 2.30. The molecule has 198 valence electrons. The molecule has 0 aliphatic heterocycles. The van der Waals surface area contributed by atoms with E-state index in [1.54, 1.807) is 23.6 Å². The van der Waals surface area contributed by atoms with Gasteiger partial charge in [-0.15, -0.1) is 0 Å². The van der Waals surface area contributed by atoms with Crippen LogP contribution < -0.4 is 5.32 Å². The van der Waals surface area contributed by atoms with Gasteiger partial charge in [-0.2, -0.15) is 13.2 Å². The van der Waals surface area contributed by atoms with E-state index < -0.39 is 29.4 Å². The van der Waals surface area contributed by atoms with Crippen LogP contribution in [0.4, 0.5) is 23.4 Å². The Morgan fingerprint density at radius 1 is 1.13 bits per heavy atom. The number of hydrogen-bond acceptors (Lipinski definition) is 5. The number of alkyl halides is 3. The molecule has 0 bridgehead atoms. The van der Waals surface area contributed by atoms with Crippen molar-refractivity contribution in [2.75, 3.05) is 5.32 Å². The first kappa shape index (κ1) is 25.6. The summed E-state index contributed by atoms with van der Waals surface area (Å²) in [5.74, 6) is -1.29. The first-order chi connectivity index (χ1) is 18.0. The van der Waals surface area contributed by atoms with Crippen LogP contribution >= 0.6 is 0 Å². The summed E-state index contributed by atoms with van der Waals surface area (Å²) < 4.78 is 55.6. The number of carbonyl (C=O) groups is 1. The normalized spacial score (nSPS) is 14.9. The van der Waals surface area contributed by atoms with E-state index in [1.165, 1.54) is 18.2 Å². The van der Waals surface area contributed by atoms with Crippen LogP contribution in [0.1, 0.15) is 53.5 Å². The molecule has 5 rings (SSSR count). The van der Waals surface area contributed by atoms with Gasteiger partial charge in [-0.1, -0.05) is 30.7 Å². The number of aromatic nitrogens is 4. The number of rotatable bonds is 7. The number of carboxylic acid groups (broad SMARTS) is 1. The molecule has 0 radical (unpaired) electrons. The minimum atomic E-state index is -4.47. The molecule has 1 unspecified atom stereocenters. The Hall–Kier alpha value is -4.02. The number of carboxylic acids is 1. The molecular weight excluding hydrogens is 502 g/mol. The maximum Gasteiger partial charge on any atom is 0.416 e. The Morgan fingerprint density at radius 3 is 2.42 bits per heavy atom. The van der Waals surface area contributed by atoms with Gasteiger partial charge >= 0.3 is 12.1 Å². The van der Waals surface area contributed by atoms with Gasteiger partial charge < -0.3 is 15.0 Å². The van der Waals surface area contributed by atoms with Gasteiger partial charge in [0.1, 0.15) is 17.2 Å². The van der Waals surface area contributed by atoms with E-state index in [-0.39, 0.29) is 29.9 Å². The standard InChI is InChI=1S/C27H25F4N5O2/c1-14-6-9-18(12-20(14)28)25-35-23-21(36(25)13-16-7-10-19(11-8-16)27(29,30)31)22(33-24(34-23)26(37)38)32-15(2)17-4-3-5-17/h6-12,15,17H,3-5,13H2,1-2H3,(H,37,38)(H,32,33,34). The fourth-order valence-corrected chi connectivity index (χ4v) is 4.59. The minimum absolute atomic E-state index is 0.0156. The summed E-state index contributed by atoms with van der Waals surface area (Å²) in [5.41, 5.74) is 1.08. The number of anilines is 1. The Labute approximate surface area is 215 Å². The zero-order chi connectivity index (χ0) is 27.2. The zero-order valence-corrected chi connectivity index (χ0v) is 20.7. The topological polar surface area (TPSA) is 92.9 Å². The Balaban J connectivity index is 1.69. The number of imidazole rings is 1. The van der Waals surface area contributed by atoms with Crippen molar-refractivity contribution in [1.82, 2.24) is 19.5 Å². The second-order valence-electron chi connectivity index (χ2n) is 9.68. The SMILES string of the molecule is Cc1ccc(-c2nc3nc(C(=O)O)nc(NC(C)C4CCC4)c3n2Cc2ccc(C(F)(F)F)cc2)cc1F. The number of nitrogens with one attached hydrogen (secondary N) is 1. The van der Waals surface area contributed by atoms with Crippen molar-refractivity contribution >= 4 is 23.0 Å². The third-order valence-corrected chi connectivity index (χ3v) is 7.07. The second kappa shape index (κ2) is 9.70. The maximum atomic E-state index is 14.5. The molecule has 0 amide bonds. The lowest BCUT2D eigenvalue weighted by Gasteiger charge is -2.32. The number of fused-ring (bicyclic) bond motifs is 1. The molecule has 11 heteroatoms. The number of aromatic carboxylic acids is 1. The fraction of sp³-hybridized carbons (Fsp3) is 0.333. The van der Waals surface area contributed by atoms with Crippen LogP contribution in [0.3, 0.4) is 0 Å². The number of benzene rings is 2. The van der Waals surface area contributed by atoms with Crippen molar-refractivity contribution in [3.05, 3.63) is 70.8 Å². The van der Waals surface area contributed by atoms with Crippen molar-refractivity contribution in [1.29, 1.82) is 0 Å². The number of hydrogen-bond donors (Lipinski definition) is 2. The van der Waals surface area contributed by atoms with Crippen molar-refractivity contribution < 1.29 is 27.5 Å².